The van der Waals surface area contributed by atoms with Crippen LogP contribution in [0.2, 0.25) is 0 Å². The Morgan fingerprint density at radius 1 is 1.03 bits per heavy atom. The molecule has 0 spiro atoms. The molecule has 0 atom stereocenters. The SMILES string of the molecule is Cc1ccc(C)c(N2C(=O)NC(=O)/C(=C/c3cc([N+](=O)[O-])ccc3N3CC[NH2+]CC3)C2=O)c1.[Cl-]. The third-order valence-corrected chi connectivity index (χ3v) is 5.78. The van der Waals surface area contributed by atoms with Crippen LogP contribution in [0.5, 0.6) is 0 Å². The van der Waals surface area contributed by atoms with Gasteiger partial charge in [0.1, 0.15) is 5.57 Å². The zero-order valence-electron chi connectivity index (χ0n) is 18.7. The number of carbonyl (C=O) groups is 3. The van der Waals surface area contributed by atoms with Crippen molar-refractivity contribution in [2.75, 3.05) is 36.0 Å². The van der Waals surface area contributed by atoms with Crippen LogP contribution in [-0.4, -0.2) is 48.9 Å². The number of rotatable bonds is 4. The number of carbonyl (C=O) groups excluding carboxylic acids is 3. The molecule has 0 aliphatic carbocycles. The fraction of sp³-hybridized carbons (Fsp3) is 0.261. The first kappa shape index (κ1) is 24.9. The maximum absolute atomic E-state index is 13.3. The van der Waals surface area contributed by atoms with Gasteiger partial charge in [0.2, 0.25) is 0 Å². The Balaban J connectivity index is 0.00000324. The molecule has 2 fully saturated rings. The number of hydrogen-bond acceptors (Lipinski definition) is 6. The van der Waals surface area contributed by atoms with Gasteiger partial charge in [-0.05, 0) is 43.2 Å². The van der Waals surface area contributed by atoms with Crippen LogP contribution in [0.15, 0.2) is 42.0 Å². The summed E-state index contributed by atoms with van der Waals surface area (Å²) in [5.41, 5.74) is 2.57. The van der Waals surface area contributed by atoms with E-state index in [2.05, 4.69) is 15.5 Å². The second-order valence-corrected chi connectivity index (χ2v) is 8.10. The Bertz CT molecular complexity index is 1210. The van der Waals surface area contributed by atoms with Crippen LogP contribution in [0.1, 0.15) is 16.7 Å². The van der Waals surface area contributed by atoms with E-state index in [0.717, 1.165) is 36.6 Å². The number of quaternary nitrogens is 1. The summed E-state index contributed by atoms with van der Waals surface area (Å²) in [7, 11) is 0. The maximum atomic E-state index is 13.3. The molecule has 10 nitrogen and oxygen atoms in total. The van der Waals surface area contributed by atoms with E-state index in [1.165, 1.54) is 18.2 Å². The molecular weight excluding hydrogens is 462 g/mol. The molecular formula is C23H24ClN5O5. The number of aryl methyl sites for hydroxylation is 2. The fourth-order valence-corrected chi connectivity index (χ4v) is 4.04. The number of nitrogens with one attached hydrogen (secondary N) is 1. The summed E-state index contributed by atoms with van der Waals surface area (Å²) >= 11 is 0. The fourth-order valence-electron chi connectivity index (χ4n) is 4.04. The van der Waals surface area contributed by atoms with Crippen LogP contribution in [0.25, 0.3) is 6.08 Å². The van der Waals surface area contributed by atoms with Crippen molar-refractivity contribution in [1.82, 2.24) is 5.32 Å². The highest BCUT2D eigenvalue weighted by Crippen LogP contribution is 2.30. The van der Waals surface area contributed by atoms with Crippen LogP contribution in [0.4, 0.5) is 21.9 Å². The van der Waals surface area contributed by atoms with Gasteiger partial charge in [0.15, 0.2) is 0 Å². The highest BCUT2D eigenvalue weighted by atomic mass is 35.5. The molecule has 4 amide bonds. The number of hydrogen-bond donors (Lipinski definition) is 2. The molecule has 2 aromatic rings. The molecule has 34 heavy (non-hydrogen) atoms. The molecule has 178 valence electrons. The number of halogens is 1. The monoisotopic (exact) mass is 485 g/mol. The van der Waals surface area contributed by atoms with Crippen molar-refractivity contribution < 1.29 is 37.0 Å². The van der Waals surface area contributed by atoms with Crippen molar-refractivity contribution in [2.45, 2.75) is 13.8 Å². The Kier molecular flexibility index (Phi) is 7.33. The molecule has 2 aliphatic rings. The first-order valence-corrected chi connectivity index (χ1v) is 10.6. The summed E-state index contributed by atoms with van der Waals surface area (Å²) in [4.78, 5) is 52.4. The smallest absolute Gasteiger partial charge is 0.335 e. The number of nitrogens with two attached hydrogens (primary N) is 1. The van der Waals surface area contributed by atoms with Gasteiger partial charge in [-0.15, -0.1) is 0 Å². The van der Waals surface area contributed by atoms with Gasteiger partial charge in [-0.1, -0.05) is 12.1 Å². The predicted octanol–water partition coefficient (Wildman–Crippen LogP) is -1.73. The van der Waals surface area contributed by atoms with E-state index in [1.807, 2.05) is 13.0 Å². The van der Waals surface area contributed by atoms with Crippen molar-refractivity contribution in [3.05, 3.63) is 68.8 Å². The average molecular weight is 486 g/mol. The number of benzene rings is 2. The predicted molar refractivity (Wildman–Crippen MR) is 122 cm³/mol. The number of amides is 4. The number of non-ortho nitro benzene ring substituents is 1. The first-order valence-electron chi connectivity index (χ1n) is 10.6. The van der Waals surface area contributed by atoms with Crippen LogP contribution in [-0.2, 0) is 9.59 Å². The molecule has 0 saturated carbocycles. The number of nitro benzene ring substituents is 1. The van der Waals surface area contributed by atoms with Gasteiger partial charge in [-0.25, -0.2) is 9.69 Å². The zero-order valence-corrected chi connectivity index (χ0v) is 19.5. The summed E-state index contributed by atoms with van der Waals surface area (Å²) in [5.74, 6) is -1.61. The largest absolute Gasteiger partial charge is 1.00 e. The quantitative estimate of drug-likeness (QED) is 0.229. The molecule has 0 unspecified atom stereocenters. The maximum Gasteiger partial charge on any atom is 0.335 e. The molecule has 0 aromatic heterocycles. The van der Waals surface area contributed by atoms with Crippen molar-refractivity contribution >= 4 is 41.0 Å². The lowest BCUT2D eigenvalue weighted by Gasteiger charge is -2.30. The number of barbiturate groups is 1. The van der Waals surface area contributed by atoms with Crippen LogP contribution in [0, 0.1) is 24.0 Å². The minimum atomic E-state index is -0.837. The number of anilines is 2. The zero-order chi connectivity index (χ0) is 23.7. The van der Waals surface area contributed by atoms with Crippen molar-refractivity contribution in [1.29, 1.82) is 0 Å². The van der Waals surface area contributed by atoms with E-state index < -0.39 is 22.8 Å². The summed E-state index contributed by atoms with van der Waals surface area (Å²) in [6.07, 6.45) is 1.34. The third-order valence-electron chi connectivity index (χ3n) is 5.78. The molecule has 2 heterocycles. The summed E-state index contributed by atoms with van der Waals surface area (Å²) in [6, 6.07) is 8.90. The Labute approximate surface area is 202 Å². The van der Waals surface area contributed by atoms with Crippen LogP contribution >= 0.6 is 0 Å². The molecule has 2 aliphatic heterocycles. The van der Waals surface area contributed by atoms with Gasteiger partial charge in [-0.2, -0.15) is 0 Å². The Hall–Kier alpha value is -3.76. The third kappa shape index (κ3) is 4.78. The highest BCUT2D eigenvalue weighted by Gasteiger charge is 2.37. The highest BCUT2D eigenvalue weighted by molar-refractivity contribution is 6.39. The molecule has 2 aromatic carbocycles. The minimum absolute atomic E-state index is 0. The lowest BCUT2D eigenvalue weighted by atomic mass is 10.0. The Morgan fingerprint density at radius 2 is 1.74 bits per heavy atom. The van der Waals surface area contributed by atoms with Crippen LogP contribution in [0.3, 0.4) is 0 Å². The number of piperazine rings is 1. The molecule has 3 N–H and O–H groups in total. The van der Waals surface area contributed by atoms with Gasteiger partial charge in [0.05, 0.1) is 36.8 Å². The molecule has 11 heteroatoms. The van der Waals surface area contributed by atoms with Crippen LogP contribution < -0.4 is 32.8 Å². The molecule has 0 bridgehead atoms. The van der Waals surface area contributed by atoms with Crippen molar-refractivity contribution in [3.8, 4) is 0 Å². The van der Waals surface area contributed by atoms with Gasteiger partial charge < -0.3 is 22.6 Å². The van der Waals surface area contributed by atoms with Gasteiger partial charge >= 0.3 is 6.03 Å². The summed E-state index contributed by atoms with van der Waals surface area (Å²) < 4.78 is 0. The lowest BCUT2D eigenvalue weighted by Crippen LogP contribution is -3.00. The van der Waals surface area contributed by atoms with E-state index in [4.69, 9.17) is 0 Å². The number of imide groups is 2. The topological polar surface area (TPSA) is 129 Å². The molecule has 4 rings (SSSR count). The van der Waals surface area contributed by atoms with Gasteiger partial charge in [0, 0.05) is 23.4 Å². The summed E-state index contributed by atoms with van der Waals surface area (Å²) in [6.45, 7) is 6.77. The first-order chi connectivity index (χ1) is 15.8. The van der Waals surface area contributed by atoms with E-state index in [-0.39, 0.29) is 23.7 Å². The van der Waals surface area contributed by atoms with Crippen molar-refractivity contribution in [3.63, 3.8) is 0 Å². The number of nitro groups is 1. The minimum Gasteiger partial charge on any atom is -1.00 e. The average Bonchev–Trinajstić information content (AvgIpc) is 2.79. The second kappa shape index (κ2) is 10.0. The molecule has 0 radical (unpaired) electrons. The Morgan fingerprint density at radius 3 is 2.41 bits per heavy atom. The normalized spacial score (nSPS) is 17.5. The van der Waals surface area contributed by atoms with E-state index >= 15 is 0 Å². The molecule has 2 saturated heterocycles. The summed E-state index contributed by atoms with van der Waals surface area (Å²) in [5, 5.41) is 15.8. The number of urea groups is 1. The lowest BCUT2D eigenvalue weighted by molar-refractivity contribution is -0.655. The van der Waals surface area contributed by atoms with Gasteiger partial charge in [-0.3, -0.25) is 25.0 Å². The number of nitrogens with zero attached hydrogens (tertiary/aromatic N) is 3. The van der Waals surface area contributed by atoms with E-state index in [9.17, 15) is 24.5 Å². The standard InChI is InChI=1S/C23H23N5O5.ClH/c1-14-3-4-15(2)20(11-14)27-22(30)18(21(29)25-23(27)31)13-16-12-17(28(32)33)5-6-19(16)26-9-7-24-8-10-26;/h3-6,11-13,24H,7-10H2,1-2H3,(H,25,29,31);1H/b18-13-;. The van der Waals surface area contributed by atoms with Crippen molar-refractivity contribution in [2.24, 2.45) is 0 Å². The second-order valence-electron chi connectivity index (χ2n) is 8.10. The van der Waals surface area contributed by atoms with E-state index in [1.54, 1.807) is 25.1 Å². The van der Waals surface area contributed by atoms with E-state index in [0.29, 0.717) is 22.5 Å². The van der Waals surface area contributed by atoms with Gasteiger partial charge in [0.25, 0.3) is 17.5 Å².